The summed E-state index contributed by atoms with van der Waals surface area (Å²) in [6, 6.07) is 30.5. The number of methoxy groups -OCH3 is 3. The van der Waals surface area contributed by atoms with E-state index in [-0.39, 0.29) is 29.6 Å². The molecule has 0 unspecified atom stereocenters. The van der Waals surface area contributed by atoms with E-state index in [0.29, 0.717) is 47.8 Å². The number of nitrogens with zero attached hydrogens (tertiary/aromatic N) is 6. The average Bonchev–Trinajstić information content (AvgIpc) is 3.65. The fourth-order valence-corrected chi connectivity index (χ4v) is 7.47. The number of rotatable bonds is 16. The van der Waals surface area contributed by atoms with E-state index in [1.807, 2.05) is 54.6 Å². The first-order chi connectivity index (χ1) is 26.1. The number of anilines is 1. The van der Waals surface area contributed by atoms with E-state index in [1.54, 1.807) is 76.1 Å². The molecule has 14 nitrogen and oxygen atoms in total. The van der Waals surface area contributed by atoms with Crippen LogP contribution in [0.1, 0.15) is 27.8 Å². The number of hydrogen-bond acceptors (Lipinski definition) is 10. The van der Waals surface area contributed by atoms with Crippen LogP contribution in [0.25, 0.3) is 11.4 Å². The maximum atomic E-state index is 15.0. The van der Waals surface area contributed by atoms with E-state index in [4.69, 9.17) is 19.3 Å². The quantitative estimate of drug-likeness (QED) is 0.118. The monoisotopic (exact) mass is 749 g/mol. The lowest BCUT2D eigenvalue weighted by Gasteiger charge is -2.24. The predicted octanol–water partition coefficient (Wildman–Crippen LogP) is 6.08. The molecule has 0 atom stereocenters. The van der Waals surface area contributed by atoms with Crippen LogP contribution in [0.15, 0.2) is 114 Å². The van der Waals surface area contributed by atoms with Crippen LogP contribution in [0.4, 0.5) is 10.6 Å². The van der Waals surface area contributed by atoms with Crippen molar-refractivity contribution in [3.8, 4) is 28.6 Å². The van der Waals surface area contributed by atoms with Gasteiger partial charge in [-0.05, 0) is 94.4 Å². The number of carboxylic acid groups (broad SMARTS) is 1. The minimum Gasteiger partial charge on any atom is -0.497 e. The Morgan fingerprint density at radius 1 is 0.741 bits per heavy atom. The number of tetrazole rings is 1. The summed E-state index contributed by atoms with van der Waals surface area (Å²) >= 11 is 0. The van der Waals surface area contributed by atoms with Crippen molar-refractivity contribution in [1.82, 2.24) is 29.5 Å². The van der Waals surface area contributed by atoms with Crippen LogP contribution in [-0.4, -0.2) is 70.4 Å². The van der Waals surface area contributed by atoms with Crippen LogP contribution in [-0.2, 0) is 42.5 Å². The molecule has 0 radical (unpaired) electrons. The molecular weight excluding hydrogens is 711 g/mol. The van der Waals surface area contributed by atoms with Crippen LogP contribution < -0.4 is 19.5 Å². The SMILES string of the molecule is COc1ccc(CN(Cc2ccc(OC)cc2)S(=O)(=O)c2cccc(CCc3ccc(NC(=O)O)nc3)c2-c2nnn(Cc3ccc(OC)cc3)n2)cc1. The van der Waals surface area contributed by atoms with Crippen LogP contribution in [0.5, 0.6) is 17.2 Å². The smallest absolute Gasteiger partial charge is 0.410 e. The third-order valence-electron chi connectivity index (χ3n) is 8.67. The van der Waals surface area contributed by atoms with Gasteiger partial charge < -0.3 is 19.3 Å². The molecule has 15 heteroatoms. The summed E-state index contributed by atoms with van der Waals surface area (Å²) in [6.45, 7) is 0.439. The van der Waals surface area contributed by atoms with Gasteiger partial charge in [0.15, 0.2) is 0 Å². The molecular formula is C39H39N7O7S. The molecule has 4 aromatic carbocycles. The zero-order chi connectivity index (χ0) is 38.1. The number of carbonyl (C=O) groups is 1. The van der Waals surface area contributed by atoms with Crippen molar-refractivity contribution in [2.24, 2.45) is 0 Å². The number of aryl methyl sites for hydroxylation is 2. The maximum absolute atomic E-state index is 15.0. The maximum Gasteiger partial charge on any atom is 0.410 e. The summed E-state index contributed by atoms with van der Waals surface area (Å²) in [6.07, 6.45) is 1.24. The van der Waals surface area contributed by atoms with Crippen LogP contribution in [0, 0.1) is 0 Å². The number of benzene rings is 4. The first-order valence-electron chi connectivity index (χ1n) is 16.9. The summed E-state index contributed by atoms with van der Waals surface area (Å²) in [4.78, 5) is 16.7. The number of aromatic nitrogens is 5. The molecule has 54 heavy (non-hydrogen) atoms. The highest BCUT2D eigenvalue weighted by atomic mass is 32.2. The summed E-state index contributed by atoms with van der Waals surface area (Å²) in [5, 5.41) is 24.6. The minimum atomic E-state index is -4.22. The number of nitrogens with one attached hydrogen (secondary N) is 1. The van der Waals surface area contributed by atoms with E-state index in [9.17, 15) is 4.79 Å². The van der Waals surface area contributed by atoms with Crippen LogP contribution >= 0.6 is 0 Å². The molecule has 2 aromatic heterocycles. The fraction of sp³-hybridized carbons (Fsp3) is 0.205. The number of pyridine rings is 1. The van der Waals surface area contributed by atoms with Crippen molar-refractivity contribution in [3.05, 3.63) is 137 Å². The van der Waals surface area contributed by atoms with Gasteiger partial charge in [0, 0.05) is 24.8 Å². The summed E-state index contributed by atoms with van der Waals surface area (Å²) < 4.78 is 47.4. The summed E-state index contributed by atoms with van der Waals surface area (Å²) in [5.74, 6) is 2.39. The average molecular weight is 750 g/mol. The third-order valence-corrected chi connectivity index (χ3v) is 10.5. The molecule has 0 saturated heterocycles. The Kier molecular flexibility index (Phi) is 11.8. The predicted molar refractivity (Wildman–Crippen MR) is 201 cm³/mol. The van der Waals surface area contributed by atoms with E-state index < -0.39 is 16.1 Å². The molecule has 0 aliphatic rings. The molecule has 0 saturated carbocycles. The molecule has 0 aliphatic carbocycles. The van der Waals surface area contributed by atoms with E-state index >= 15 is 8.42 Å². The normalized spacial score (nSPS) is 11.3. The van der Waals surface area contributed by atoms with Gasteiger partial charge in [-0.3, -0.25) is 5.32 Å². The number of ether oxygens (including phenoxy) is 3. The zero-order valence-corrected chi connectivity index (χ0v) is 30.7. The van der Waals surface area contributed by atoms with Gasteiger partial charge in [0.2, 0.25) is 15.8 Å². The first kappa shape index (κ1) is 37.4. The Morgan fingerprint density at radius 2 is 1.30 bits per heavy atom. The molecule has 0 bridgehead atoms. The molecule has 6 aromatic rings. The van der Waals surface area contributed by atoms with Gasteiger partial charge in [-0.25, -0.2) is 18.2 Å². The van der Waals surface area contributed by atoms with Crippen LogP contribution in [0.3, 0.4) is 0 Å². The van der Waals surface area contributed by atoms with Gasteiger partial charge in [0.1, 0.15) is 23.1 Å². The van der Waals surface area contributed by atoms with Gasteiger partial charge in [0.25, 0.3) is 0 Å². The minimum absolute atomic E-state index is 0.0325. The Morgan fingerprint density at radius 3 is 1.81 bits per heavy atom. The second-order valence-electron chi connectivity index (χ2n) is 12.2. The van der Waals surface area contributed by atoms with Gasteiger partial charge >= 0.3 is 6.09 Å². The highest BCUT2D eigenvalue weighted by Crippen LogP contribution is 2.33. The zero-order valence-electron chi connectivity index (χ0n) is 29.9. The largest absolute Gasteiger partial charge is 0.497 e. The van der Waals surface area contributed by atoms with E-state index in [0.717, 1.165) is 22.3 Å². The Labute approximate surface area is 313 Å². The molecule has 6 rings (SSSR count). The summed E-state index contributed by atoms with van der Waals surface area (Å²) in [5.41, 5.74) is 4.28. The van der Waals surface area contributed by atoms with Crippen molar-refractivity contribution in [2.75, 3.05) is 26.6 Å². The molecule has 0 aliphatic heterocycles. The highest BCUT2D eigenvalue weighted by Gasteiger charge is 2.31. The molecule has 0 fully saturated rings. The Balaban J connectivity index is 1.40. The summed E-state index contributed by atoms with van der Waals surface area (Å²) in [7, 11) is 0.528. The number of amides is 1. The van der Waals surface area contributed by atoms with Crippen molar-refractivity contribution in [2.45, 2.75) is 37.4 Å². The van der Waals surface area contributed by atoms with Gasteiger partial charge in [-0.15, -0.1) is 10.2 Å². The molecule has 0 spiro atoms. The van der Waals surface area contributed by atoms with E-state index in [2.05, 4.69) is 25.7 Å². The standard InChI is InChI=1S/C39H39N7O7S/c1-51-32-16-8-28(9-17-32)24-45(25-29-10-18-33(52-2)19-11-29)54(49,50)35-6-4-5-31(15-7-27-14-22-36(40-23-27)41-39(47)48)37(35)38-42-44-46(43-38)26-30-12-20-34(53-3)21-13-30/h4-6,8-14,16-23H,7,15,24-26H2,1-3H3,(H,40,41)(H,47,48). The highest BCUT2D eigenvalue weighted by molar-refractivity contribution is 7.89. The van der Waals surface area contributed by atoms with Gasteiger partial charge in [-0.2, -0.15) is 9.10 Å². The van der Waals surface area contributed by atoms with Gasteiger partial charge in [-0.1, -0.05) is 54.6 Å². The molecule has 278 valence electrons. The van der Waals surface area contributed by atoms with Crippen molar-refractivity contribution in [1.29, 1.82) is 0 Å². The second-order valence-corrected chi connectivity index (χ2v) is 14.1. The van der Waals surface area contributed by atoms with Crippen LogP contribution in [0.2, 0.25) is 0 Å². The van der Waals surface area contributed by atoms with Crippen molar-refractivity contribution >= 4 is 21.9 Å². The lowest BCUT2D eigenvalue weighted by Crippen LogP contribution is -2.31. The fourth-order valence-electron chi connectivity index (χ4n) is 5.83. The second kappa shape index (κ2) is 17.0. The number of sulfonamides is 1. The third kappa shape index (κ3) is 9.18. The molecule has 1 amide bonds. The Bertz CT molecular complexity index is 2230. The molecule has 2 N–H and O–H groups in total. The Hall–Kier alpha value is -6.32. The lowest BCUT2D eigenvalue weighted by atomic mass is 10.00. The molecule has 2 heterocycles. The number of hydrogen-bond donors (Lipinski definition) is 2. The van der Waals surface area contributed by atoms with E-state index in [1.165, 1.54) is 9.10 Å². The first-order valence-corrected chi connectivity index (χ1v) is 18.3. The van der Waals surface area contributed by atoms with Gasteiger partial charge in [0.05, 0.1) is 32.8 Å². The van der Waals surface area contributed by atoms with Crippen molar-refractivity contribution < 1.29 is 32.5 Å². The van der Waals surface area contributed by atoms with Crippen molar-refractivity contribution in [3.63, 3.8) is 0 Å². The lowest BCUT2D eigenvalue weighted by molar-refractivity contribution is 0.209. The topological polar surface area (TPSA) is 171 Å².